The van der Waals surface area contributed by atoms with E-state index in [1.165, 1.54) is 12.3 Å². The van der Waals surface area contributed by atoms with E-state index in [0.717, 1.165) is 24.9 Å². The van der Waals surface area contributed by atoms with Gasteiger partial charge in [-0.1, -0.05) is 52.0 Å². The number of benzene rings is 2. The highest BCUT2D eigenvalue weighted by molar-refractivity contribution is 5.96. The summed E-state index contributed by atoms with van der Waals surface area (Å²) < 4.78 is 13.7. The summed E-state index contributed by atoms with van der Waals surface area (Å²) >= 11 is 0. The number of carbonyl (C=O) groups excluding carboxylic acids is 1. The van der Waals surface area contributed by atoms with Crippen LogP contribution in [0.25, 0.3) is 5.57 Å². The number of halogens is 1. The van der Waals surface area contributed by atoms with E-state index in [2.05, 4.69) is 48.4 Å². The van der Waals surface area contributed by atoms with E-state index in [4.69, 9.17) is 5.11 Å². The summed E-state index contributed by atoms with van der Waals surface area (Å²) in [6.07, 6.45) is 2.35. The largest absolute Gasteiger partial charge is 0.478 e. The molecule has 0 heterocycles. The lowest BCUT2D eigenvalue weighted by atomic mass is 10.0. The van der Waals surface area contributed by atoms with Crippen molar-refractivity contribution in [1.29, 1.82) is 0 Å². The first-order valence-electron chi connectivity index (χ1n) is 11.2. The van der Waals surface area contributed by atoms with Crippen LogP contribution in [0, 0.1) is 17.7 Å². The first-order valence-corrected chi connectivity index (χ1v) is 11.2. The number of aliphatic carboxylic acids is 1. The van der Waals surface area contributed by atoms with Crippen LogP contribution in [0.1, 0.15) is 45.7 Å². The Kier molecular flexibility index (Phi) is 9.79. The van der Waals surface area contributed by atoms with Crippen LogP contribution < -0.4 is 15.6 Å². The molecule has 7 nitrogen and oxygen atoms in total. The minimum Gasteiger partial charge on any atom is -0.478 e. The van der Waals surface area contributed by atoms with Gasteiger partial charge < -0.3 is 15.3 Å². The first kappa shape index (κ1) is 26.6. The number of anilines is 2. The zero-order valence-electron chi connectivity index (χ0n) is 20.3. The predicted octanol–water partition coefficient (Wildman–Crippen LogP) is 5.59. The van der Waals surface area contributed by atoms with Crippen molar-refractivity contribution in [3.8, 4) is 0 Å². The molecule has 0 aliphatic carbocycles. The summed E-state index contributed by atoms with van der Waals surface area (Å²) in [7, 11) is 0. The van der Waals surface area contributed by atoms with E-state index in [9.17, 15) is 14.0 Å². The van der Waals surface area contributed by atoms with Crippen LogP contribution in [0.4, 0.5) is 20.6 Å². The molecule has 2 aromatic rings. The molecule has 0 aliphatic rings. The molecule has 8 heteroatoms. The number of carboxylic acids is 1. The fourth-order valence-corrected chi connectivity index (χ4v) is 3.47. The summed E-state index contributed by atoms with van der Waals surface area (Å²) in [5.41, 5.74) is 5.18. The molecular formula is C26H33FN4O3. The van der Waals surface area contributed by atoms with E-state index in [0.29, 0.717) is 28.7 Å². The van der Waals surface area contributed by atoms with Crippen molar-refractivity contribution in [2.75, 3.05) is 23.3 Å². The lowest BCUT2D eigenvalue weighted by molar-refractivity contribution is -0.131. The van der Waals surface area contributed by atoms with Crippen molar-refractivity contribution in [3.63, 3.8) is 0 Å². The number of rotatable bonds is 10. The molecule has 0 unspecified atom stereocenters. The number of allylic oxidation sites excluding steroid dienone is 1. The molecule has 34 heavy (non-hydrogen) atoms. The van der Waals surface area contributed by atoms with E-state index in [1.807, 2.05) is 12.1 Å². The summed E-state index contributed by atoms with van der Waals surface area (Å²) in [5, 5.41) is 15.8. The second-order valence-electron chi connectivity index (χ2n) is 8.94. The molecular weight excluding hydrogens is 435 g/mol. The zero-order chi connectivity index (χ0) is 25.3. The Morgan fingerprint density at radius 1 is 1.09 bits per heavy atom. The van der Waals surface area contributed by atoms with Gasteiger partial charge in [-0.25, -0.2) is 19.4 Å². The number of hydrazone groups is 1. The lowest BCUT2D eigenvalue weighted by Gasteiger charge is -2.30. The van der Waals surface area contributed by atoms with Crippen molar-refractivity contribution >= 4 is 35.2 Å². The Balaban J connectivity index is 2.35. The van der Waals surface area contributed by atoms with Gasteiger partial charge in [0.2, 0.25) is 0 Å². The highest BCUT2D eigenvalue weighted by Crippen LogP contribution is 2.31. The molecule has 0 saturated carbocycles. The quantitative estimate of drug-likeness (QED) is 0.241. The smallest absolute Gasteiger partial charge is 0.339 e. The van der Waals surface area contributed by atoms with Gasteiger partial charge >= 0.3 is 12.0 Å². The predicted molar refractivity (Wildman–Crippen MR) is 136 cm³/mol. The van der Waals surface area contributed by atoms with Gasteiger partial charge in [-0.05, 0) is 48.1 Å². The lowest BCUT2D eigenvalue weighted by Crippen LogP contribution is -2.33. The Bertz CT molecular complexity index is 1050. The molecule has 0 spiro atoms. The zero-order valence-corrected chi connectivity index (χ0v) is 20.3. The van der Waals surface area contributed by atoms with Gasteiger partial charge in [0.15, 0.2) is 0 Å². The third kappa shape index (κ3) is 8.35. The number of urea groups is 1. The fourth-order valence-electron chi connectivity index (χ4n) is 3.47. The van der Waals surface area contributed by atoms with Crippen molar-refractivity contribution in [2.45, 2.75) is 34.6 Å². The number of amides is 2. The number of carboxylic acid groups (broad SMARTS) is 1. The molecule has 0 aromatic heterocycles. The second kappa shape index (κ2) is 12.5. The Morgan fingerprint density at radius 3 is 2.32 bits per heavy atom. The average molecular weight is 469 g/mol. The van der Waals surface area contributed by atoms with Gasteiger partial charge in [0.1, 0.15) is 5.82 Å². The van der Waals surface area contributed by atoms with E-state index < -0.39 is 17.8 Å². The number of nitrogens with one attached hydrogen (secondary N) is 2. The van der Waals surface area contributed by atoms with Crippen LogP contribution in [-0.2, 0) is 4.79 Å². The Morgan fingerprint density at radius 2 is 1.74 bits per heavy atom. The van der Waals surface area contributed by atoms with E-state index in [-0.39, 0.29) is 5.56 Å². The standard InChI is InChI=1S/C26H33FN4O3/c1-17(2)15-31(16-18(3)4)24-11-10-20(19(5)12-25(32)33)13-23(24)29-26(34)30-28-14-21-8-6-7-9-22(21)27/h6-14,17-18H,15-16H2,1-5H3,(H,32,33)(H2,29,30,34)/b19-12+,28-14+. The normalized spacial score (nSPS) is 11.8. The van der Waals surface area contributed by atoms with Crippen molar-refractivity contribution in [3.05, 3.63) is 65.5 Å². The van der Waals surface area contributed by atoms with Crippen molar-refractivity contribution < 1.29 is 19.1 Å². The average Bonchev–Trinajstić information content (AvgIpc) is 2.73. The highest BCUT2D eigenvalue weighted by atomic mass is 19.1. The van der Waals surface area contributed by atoms with Gasteiger partial charge in [-0.15, -0.1) is 0 Å². The maximum atomic E-state index is 13.7. The highest BCUT2D eigenvalue weighted by Gasteiger charge is 2.17. The Labute approximate surface area is 200 Å². The minimum atomic E-state index is -1.04. The maximum Gasteiger partial charge on any atom is 0.339 e. The summed E-state index contributed by atoms with van der Waals surface area (Å²) in [4.78, 5) is 25.9. The maximum absolute atomic E-state index is 13.7. The molecule has 0 fully saturated rings. The summed E-state index contributed by atoms with van der Waals surface area (Å²) in [6, 6.07) is 11.0. The van der Waals surface area contributed by atoms with Gasteiger partial charge in [0, 0.05) is 24.7 Å². The molecule has 0 radical (unpaired) electrons. The van der Waals surface area contributed by atoms with Crippen LogP contribution in [0.5, 0.6) is 0 Å². The fraction of sp³-hybridized carbons (Fsp3) is 0.346. The van der Waals surface area contributed by atoms with Crippen LogP contribution in [0.15, 0.2) is 53.6 Å². The number of hydrogen-bond donors (Lipinski definition) is 3. The molecule has 0 aliphatic heterocycles. The number of carbonyl (C=O) groups is 2. The summed E-state index contributed by atoms with van der Waals surface area (Å²) in [5.74, 6) is -0.710. The monoisotopic (exact) mass is 468 g/mol. The number of hydrogen-bond acceptors (Lipinski definition) is 4. The van der Waals surface area contributed by atoms with E-state index in [1.54, 1.807) is 31.2 Å². The van der Waals surface area contributed by atoms with Crippen molar-refractivity contribution in [1.82, 2.24) is 5.43 Å². The molecule has 0 atom stereocenters. The molecule has 2 rings (SSSR count). The van der Waals surface area contributed by atoms with Crippen LogP contribution in [0.3, 0.4) is 0 Å². The van der Waals surface area contributed by atoms with Crippen molar-refractivity contribution in [2.24, 2.45) is 16.9 Å². The molecule has 2 aromatic carbocycles. The van der Waals surface area contributed by atoms with Crippen LogP contribution in [0.2, 0.25) is 0 Å². The number of nitrogens with zero attached hydrogens (tertiary/aromatic N) is 2. The molecule has 182 valence electrons. The second-order valence-corrected chi connectivity index (χ2v) is 8.94. The van der Waals surface area contributed by atoms with E-state index >= 15 is 0 Å². The molecule has 0 saturated heterocycles. The summed E-state index contributed by atoms with van der Waals surface area (Å²) in [6.45, 7) is 11.8. The van der Waals surface area contributed by atoms with Gasteiger partial charge in [0.05, 0.1) is 17.6 Å². The molecule has 0 bridgehead atoms. The van der Waals surface area contributed by atoms with Gasteiger partial charge in [-0.2, -0.15) is 5.10 Å². The van der Waals surface area contributed by atoms with Crippen LogP contribution in [-0.4, -0.2) is 36.4 Å². The topological polar surface area (TPSA) is 94.0 Å². The Hall–Kier alpha value is -3.68. The van der Waals surface area contributed by atoms with Crippen LogP contribution >= 0.6 is 0 Å². The first-order chi connectivity index (χ1) is 16.1. The van der Waals surface area contributed by atoms with Gasteiger partial charge in [0.25, 0.3) is 0 Å². The molecule has 3 N–H and O–H groups in total. The SMILES string of the molecule is C/C(=C\C(=O)O)c1ccc(N(CC(C)C)CC(C)C)c(NC(=O)N/N=C/c2ccccc2F)c1. The molecule has 2 amide bonds. The third-order valence-corrected chi connectivity index (χ3v) is 4.83. The third-order valence-electron chi connectivity index (χ3n) is 4.83. The van der Waals surface area contributed by atoms with Gasteiger partial charge in [-0.3, -0.25) is 0 Å². The minimum absolute atomic E-state index is 0.250.